The summed E-state index contributed by atoms with van der Waals surface area (Å²) >= 11 is 0. The average molecular weight is 214 g/mol. The summed E-state index contributed by atoms with van der Waals surface area (Å²) < 4.78 is 0. The fraction of sp³-hybridized carbons (Fsp3) is 0.600. The molecular formula is C15H23B. The summed E-state index contributed by atoms with van der Waals surface area (Å²) in [4.78, 5) is 0. The van der Waals surface area contributed by atoms with Crippen LogP contribution in [0.5, 0.6) is 0 Å². The molecule has 0 saturated carbocycles. The van der Waals surface area contributed by atoms with Crippen molar-refractivity contribution in [3.8, 4) is 0 Å². The molecule has 0 aromatic rings. The van der Waals surface area contributed by atoms with E-state index in [0.717, 1.165) is 11.9 Å². The molecule has 1 aliphatic carbocycles. The Morgan fingerprint density at radius 3 is 2.31 bits per heavy atom. The molecule has 2 radical (unpaired) electrons. The van der Waals surface area contributed by atoms with Gasteiger partial charge in [-0.15, -0.1) is 5.47 Å². The lowest BCUT2D eigenvalue weighted by atomic mass is 9.71. The molecule has 0 aromatic carbocycles. The Hall–Kier alpha value is -0.715. The lowest BCUT2D eigenvalue weighted by Crippen LogP contribution is -2.20. The van der Waals surface area contributed by atoms with Gasteiger partial charge in [-0.25, -0.2) is 0 Å². The van der Waals surface area contributed by atoms with Crippen LogP contribution in [0.15, 0.2) is 34.3 Å². The van der Waals surface area contributed by atoms with Gasteiger partial charge in [0.15, 0.2) is 0 Å². The van der Waals surface area contributed by atoms with Gasteiger partial charge >= 0.3 is 0 Å². The first-order chi connectivity index (χ1) is 7.25. The summed E-state index contributed by atoms with van der Waals surface area (Å²) in [6.45, 7) is 13.3. The number of rotatable bonds is 1. The van der Waals surface area contributed by atoms with Gasteiger partial charge in [0.25, 0.3) is 0 Å². The smallest absolute Gasteiger partial charge is 0.107 e. The third-order valence-corrected chi connectivity index (χ3v) is 3.36. The Bertz CT molecular complexity index is 357. The highest BCUT2D eigenvalue weighted by Gasteiger charge is 2.27. The molecule has 1 atom stereocenters. The number of hydrogen-bond acceptors (Lipinski definition) is 0. The van der Waals surface area contributed by atoms with Gasteiger partial charge in [-0.2, -0.15) is 0 Å². The highest BCUT2D eigenvalue weighted by molar-refractivity contribution is 6.22. The van der Waals surface area contributed by atoms with E-state index >= 15 is 0 Å². The maximum Gasteiger partial charge on any atom is 0.107 e. The van der Waals surface area contributed by atoms with Crippen molar-refractivity contribution in [1.82, 2.24) is 0 Å². The SMILES string of the molecule is [B]/C(C)=C(\C)C1=C(C(C)(C)C)C(C)CC=C1. The zero-order valence-electron chi connectivity index (χ0n) is 11.5. The Kier molecular flexibility index (Phi) is 3.88. The Labute approximate surface area is 102 Å². The molecule has 0 aliphatic heterocycles. The Morgan fingerprint density at radius 1 is 1.31 bits per heavy atom. The summed E-state index contributed by atoms with van der Waals surface area (Å²) in [5, 5.41) is 0. The molecule has 0 nitrogen and oxygen atoms in total. The average Bonchev–Trinajstić information content (AvgIpc) is 2.14. The number of allylic oxidation sites excluding steroid dienone is 6. The highest BCUT2D eigenvalue weighted by Crippen LogP contribution is 2.40. The van der Waals surface area contributed by atoms with Gasteiger partial charge in [-0.05, 0) is 30.3 Å². The van der Waals surface area contributed by atoms with Crippen LogP contribution in [0.4, 0.5) is 0 Å². The zero-order valence-corrected chi connectivity index (χ0v) is 11.5. The van der Waals surface area contributed by atoms with E-state index in [0.29, 0.717) is 5.92 Å². The van der Waals surface area contributed by atoms with Crippen LogP contribution in [0.3, 0.4) is 0 Å². The first kappa shape index (κ1) is 13.4. The van der Waals surface area contributed by atoms with Crippen LogP contribution in [-0.2, 0) is 0 Å². The molecule has 1 unspecified atom stereocenters. The molecule has 0 N–H and O–H groups in total. The Morgan fingerprint density at radius 2 is 1.88 bits per heavy atom. The number of hydrogen-bond donors (Lipinski definition) is 0. The summed E-state index contributed by atoms with van der Waals surface area (Å²) in [6.07, 6.45) is 5.65. The second kappa shape index (κ2) is 4.65. The van der Waals surface area contributed by atoms with E-state index in [1.165, 1.54) is 16.7 Å². The van der Waals surface area contributed by atoms with Crippen LogP contribution in [0.1, 0.15) is 48.0 Å². The maximum absolute atomic E-state index is 5.93. The molecular weight excluding hydrogens is 191 g/mol. The largest absolute Gasteiger partial charge is 0.117 e. The quantitative estimate of drug-likeness (QED) is 0.568. The minimum atomic E-state index is 0.218. The van der Waals surface area contributed by atoms with E-state index in [2.05, 4.69) is 46.8 Å². The van der Waals surface area contributed by atoms with Crippen molar-refractivity contribution in [1.29, 1.82) is 0 Å². The van der Waals surface area contributed by atoms with E-state index < -0.39 is 0 Å². The van der Waals surface area contributed by atoms with Crippen molar-refractivity contribution in [2.45, 2.75) is 48.0 Å². The van der Waals surface area contributed by atoms with Gasteiger partial charge in [0.2, 0.25) is 0 Å². The monoisotopic (exact) mass is 214 g/mol. The minimum absolute atomic E-state index is 0.218. The first-order valence-electron chi connectivity index (χ1n) is 6.09. The molecule has 1 rings (SSSR count). The van der Waals surface area contributed by atoms with Crippen molar-refractivity contribution in [3.05, 3.63) is 34.3 Å². The van der Waals surface area contributed by atoms with Gasteiger partial charge in [-0.1, -0.05) is 57.9 Å². The van der Waals surface area contributed by atoms with E-state index in [4.69, 9.17) is 7.85 Å². The van der Waals surface area contributed by atoms with Crippen LogP contribution >= 0.6 is 0 Å². The third-order valence-electron chi connectivity index (χ3n) is 3.36. The molecule has 0 aromatic heterocycles. The van der Waals surface area contributed by atoms with E-state index in [9.17, 15) is 0 Å². The summed E-state index contributed by atoms with van der Waals surface area (Å²) in [6, 6.07) is 0. The van der Waals surface area contributed by atoms with E-state index in [1.807, 2.05) is 6.92 Å². The summed E-state index contributed by atoms with van der Waals surface area (Å²) in [5.41, 5.74) is 5.27. The molecule has 16 heavy (non-hydrogen) atoms. The fourth-order valence-corrected chi connectivity index (χ4v) is 2.55. The maximum atomic E-state index is 5.93. The van der Waals surface area contributed by atoms with E-state index in [-0.39, 0.29) is 5.41 Å². The minimum Gasteiger partial charge on any atom is -0.117 e. The second-order valence-corrected chi connectivity index (χ2v) is 5.92. The van der Waals surface area contributed by atoms with Gasteiger partial charge in [0.05, 0.1) is 0 Å². The highest BCUT2D eigenvalue weighted by atomic mass is 14.3. The van der Waals surface area contributed by atoms with Crippen molar-refractivity contribution < 1.29 is 0 Å². The van der Waals surface area contributed by atoms with Crippen molar-refractivity contribution >= 4 is 7.85 Å². The van der Waals surface area contributed by atoms with Crippen molar-refractivity contribution in [3.63, 3.8) is 0 Å². The fourth-order valence-electron chi connectivity index (χ4n) is 2.55. The molecule has 0 amide bonds. The summed E-state index contributed by atoms with van der Waals surface area (Å²) in [7, 11) is 5.93. The van der Waals surface area contributed by atoms with Crippen LogP contribution in [0.2, 0.25) is 0 Å². The molecule has 1 aliphatic rings. The van der Waals surface area contributed by atoms with Gasteiger partial charge < -0.3 is 0 Å². The summed E-state index contributed by atoms with van der Waals surface area (Å²) in [5.74, 6) is 0.620. The molecule has 0 fully saturated rings. The van der Waals surface area contributed by atoms with Crippen molar-refractivity contribution in [2.24, 2.45) is 11.3 Å². The molecule has 0 bridgehead atoms. The molecule has 0 heterocycles. The van der Waals surface area contributed by atoms with Crippen LogP contribution < -0.4 is 0 Å². The lowest BCUT2D eigenvalue weighted by molar-refractivity contribution is 0.429. The lowest BCUT2D eigenvalue weighted by Gasteiger charge is -2.33. The van der Waals surface area contributed by atoms with Crippen LogP contribution in [-0.4, -0.2) is 7.85 Å². The predicted molar refractivity (Wildman–Crippen MR) is 73.5 cm³/mol. The molecule has 0 spiro atoms. The second-order valence-electron chi connectivity index (χ2n) is 5.92. The van der Waals surface area contributed by atoms with Gasteiger partial charge in [0, 0.05) is 0 Å². The molecule has 86 valence electrons. The molecule has 1 heteroatoms. The Balaban J connectivity index is 3.38. The predicted octanol–water partition coefficient (Wildman–Crippen LogP) is 4.39. The standard InChI is InChI=1S/C15H23B/c1-10-8-7-9-13(11(2)12(3)16)14(10)15(4,5)6/h7,9-10H,8H2,1-6H3/b12-11+. The van der Waals surface area contributed by atoms with Crippen LogP contribution in [0, 0.1) is 11.3 Å². The van der Waals surface area contributed by atoms with Crippen molar-refractivity contribution in [2.75, 3.05) is 0 Å². The zero-order chi connectivity index (χ0) is 12.5. The molecule has 0 saturated heterocycles. The third kappa shape index (κ3) is 2.69. The van der Waals surface area contributed by atoms with Gasteiger partial charge in [0.1, 0.15) is 7.85 Å². The van der Waals surface area contributed by atoms with Crippen LogP contribution in [0.25, 0.3) is 0 Å². The van der Waals surface area contributed by atoms with Gasteiger partial charge in [-0.3, -0.25) is 0 Å². The van der Waals surface area contributed by atoms with E-state index in [1.54, 1.807) is 0 Å². The first-order valence-corrected chi connectivity index (χ1v) is 6.09. The normalized spacial score (nSPS) is 23.5. The topological polar surface area (TPSA) is 0 Å².